The summed E-state index contributed by atoms with van der Waals surface area (Å²) in [7, 11) is 1.81. The van der Waals surface area contributed by atoms with Crippen LogP contribution >= 0.6 is 0 Å². The molecule has 0 fully saturated rings. The van der Waals surface area contributed by atoms with Crippen LogP contribution in [0.4, 0.5) is 0 Å². The van der Waals surface area contributed by atoms with Gasteiger partial charge in [-0.15, -0.1) is 0 Å². The molecule has 2 heteroatoms. The van der Waals surface area contributed by atoms with E-state index in [2.05, 4.69) is 58.9 Å². The number of rotatable bonds is 13. The van der Waals surface area contributed by atoms with Gasteiger partial charge in [0.2, 0.25) is 0 Å². The summed E-state index contributed by atoms with van der Waals surface area (Å²) in [4.78, 5) is 0. The van der Waals surface area contributed by atoms with Gasteiger partial charge in [0.25, 0.3) is 0 Å². The van der Waals surface area contributed by atoms with Crippen molar-refractivity contribution in [1.82, 2.24) is 0 Å². The Kier molecular flexibility index (Phi) is 11.7. The third-order valence-corrected chi connectivity index (χ3v) is 21.0. The van der Waals surface area contributed by atoms with Crippen molar-refractivity contribution < 1.29 is 4.74 Å². The second-order valence-corrected chi connectivity index (χ2v) is 22.0. The molecule has 0 aromatic heterocycles. The maximum atomic E-state index is 5.72. The molecule has 0 saturated heterocycles. The molecule has 0 aliphatic carbocycles. The van der Waals surface area contributed by atoms with Crippen LogP contribution in [0.1, 0.15) is 78.7 Å². The summed E-state index contributed by atoms with van der Waals surface area (Å²) in [6, 6.07) is 8.66. The SMILES string of the molecule is CCC[CH2][Sn]([CH2]CCC)([CH2]CCC)[CH2]C(=C(C)C)c1ccccc1OC. The summed E-state index contributed by atoms with van der Waals surface area (Å²) in [5.74, 6) is 1.05. The molecular formula is C24H42OSn. The number of ether oxygens (including phenoxy) is 1. The third kappa shape index (κ3) is 7.29. The van der Waals surface area contributed by atoms with E-state index >= 15 is 0 Å². The fourth-order valence-corrected chi connectivity index (χ4v) is 20.9. The van der Waals surface area contributed by atoms with Crippen LogP contribution in [0.25, 0.3) is 5.57 Å². The van der Waals surface area contributed by atoms with Gasteiger partial charge in [0.15, 0.2) is 0 Å². The zero-order valence-corrected chi connectivity index (χ0v) is 21.1. The molecule has 26 heavy (non-hydrogen) atoms. The number of hydrogen-bond donors (Lipinski definition) is 0. The van der Waals surface area contributed by atoms with E-state index in [1.807, 2.05) is 7.11 Å². The number of methoxy groups -OCH3 is 1. The predicted molar refractivity (Wildman–Crippen MR) is 121 cm³/mol. The van der Waals surface area contributed by atoms with Crippen LogP contribution in [-0.4, -0.2) is 25.5 Å². The van der Waals surface area contributed by atoms with E-state index in [-0.39, 0.29) is 0 Å². The van der Waals surface area contributed by atoms with Crippen molar-refractivity contribution in [2.45, 2.75) is 90.9 Å². The molecule has 1 nitrogen and oxygen atoms in total. The molecule has 0 spiro atoms. The Balaban J connectivity index is 3.26. The number of allylic oxidation sites excluding steroid dienone is 2. The molecule has 0 bridgehead atoms. The first-order chi connectivity index (χ1) is 12.5. The van der Waals surface area contributed by atoms with E-state index in [0.717, 1.165) is 5.75 Å². The maximum absolute atomic E-state index is 5.72. The first-order valence-electron chi connectivity index (χ1n) is 10.8. The molecule has 1 rings (SSSR count). The van der Waals surface area contributed by atoms with Crippen LogP contribution in [-0.2, 0) is 0 Å². The Labute approximate surface area is 167 Å². The molecule has 0 aliphatic heterocycles. The Morgan fingerprint density at radius 3 is 1.77 bits per heavy atom. The summed E-state index contributed by atoms with van der Waals surface area (Å²) in [6.07, 6.45) is 8.34. The van der Waals surface area contributed by atoms with Gasteiger partial charge in [0, 0.05) is 0 Å². The van der Waals surface area contributed by atoms with Crippen molar-refractivity contribution in [3.63, 3.8) is 0 Å². The van der Waals surface area contributed by atoms with Crippen LogP contribution in [0.5, 0.6) is 5.75 Å². The zero-order valence-electron chi connectivity index (χ0n) is 18.3. The van der Waals surface area contributed by atoms with Crippen LogP contribution < -0.4 is 4.74 Å². The molecule has 0 unspecified atom stereocenters. The van der Waals surface area contributed by atoms with Gasteiger partial charge in [0.05, 0.1) is 0 Å². The van der Waals surface area contributed by atoms with E-state index < -0.39 is 18.4 Å². The van der Waals surface area contributed by atoms with Gasteiger partial charge in [-0.25, -0.2) is 0 Å². The Hall–Kier alpha value is -0.441. The van der Waals surface area contributed by atoms with Crippen molar-refractivity contribution in [2.75, 3.05) is 7.11 Å². The average molecular weight is 465 g/mol. The minimum absolute atomic E-state index is 1.05. The summed E-state index contributed by atoms with van der Waals surface area (Å²) in [5.41, 5.74) is 4.43. The van der Waals surface area contributed by atoms with Crippen LogP contribution in [0.15, 0.2) is 29.8 Å². The van der Waals surface area contributed by atoms with Crippen molar-refractivity contribution in [2.24, 2.45) is 0 Å². The quantitative estimate of drug-likeness (QED) is 0.266. The molecule has 0 aliphatic rings. The Morgan fingerprint density at radius 2 is 1.35 bits per heavy atom. The normalized spacial score (nSPS) is 11.5. The molecule has 0 radical (unpaired) electrons. The molecule has 0 atom stereocenters. The summed E-state index contributed by atoms with van der Waals surface area (Å²) in [5, 5.41) is 0. The number of benzene rings is 1. The molecule has 0 amide bonds. The van der Waals surface area contributed by atoms with Crippen molar-refractivity contribution in [3.8, 4) is 5.75 Å². The number of unbranched alkanes of at least 4 members (excludes halogenated alkanes) is 3. The first kappa shape index (κ1) is 23.6. The summed E-state index contributed by atoms with van der Waals surface area (Å²) < 4.78 is 11.8. The van der Waals surface area contributed by atoms with Crippen LogP contribution in [0.3, 0.4) is 0 Å². The van der Waals surface area contributed by atoms with Gasteiger partial charge in [0.1, 0.15) is 0 Å². The van der Waals surface area contributed by atoms with E-state index in [9.17, 15) is 0 Å². The standard InChI is InChI=1S/C12H15O.3C4H9.Sn/c1-9(2)10(3)11-7-5-6-8-12(11)13-4;3*1-3-4-2;/h5-8H,3H2,1-2,4H3;3*1,3-4H2,2H3;. The fourth-order valence-electron chi connectivity index (χ4n) is 4.11. The van der Waals surface area contributed by atoms with Crippen LogP contribution in [0.2, 0.25) is 17.7 Å². The molecule has 1 aromatic rings. The van der Waals surface area contributed by atoms with Crippen molar-refractivity contribution >= 4 is 24.0 Å². The van der Waals surface area contributed by atoms with E-state index in [4.69, 9.17) is 4.74 Å². The fraction of sp³-hybridized carbons (Fsp3) is 0.667. The first-order valence-corrected chi connectivity index (χ1v) is 18.9. The summed E-state index contributed by atoms with van der Waals surface area (Å²) >= 11 is -2.22. The predicted octanol–water partition coefficient (Wildman–Crippen LogP) is 8.34. The zero-order chi connectivity index (χ0) is 19.4. The van der Waals surface area contributed by atoms with Gasteiger partial charge in [-0.1, -0.05) is 0 Å². The van der Waals surface area contributed by atoms with E-state index in [0.29, 0.717) is 0 Å². The van der Waals surface area contributed by atoms with Gasteiger partial charge in [-0.2, -0.15) is 0 Å². The second-order valence-electron chi connectivity index (χ2n) is 8.17. The van der Waals surface area contributed by atoms with Gasteiger partial charge in [-0.3, -0.25) is 0 Å². The average Bonchev–Trinajstić information content (AvgIpc) is 2.66. The monoisotopic (exact) mass is 466 g/mol. The minimum atomic E-state index is -2.22. The Bertz CT molecular complexity index is 521. The molecular weight excluding hydrogens is 423 g/mol. The molecule has 0 heterocycles. The van der Waals surface area contributed by atoms with Crippen molar-refractivity contribution in [1.29, 1.82) is 0 Å². The Morgan fingerprint density at radius 1 is 0.846 bits per heavy atom. The third-order valence-electron chi connectivity index (χ3n) is 5.77. The summed E-state index contributed by atoms with van der Waals surface area (Å²) in [6.45, 7) is 11.7. The molecule has 148 valence electrons. The molecule has 0 saturated carbocycles. The van der Waals surface area contributed by atoms with Gasteiger partial charge >= 0.3 is 168 Å². The van der Waals surface area contributed by atoms with E-state index in [1.165, 1.54) is 54.1 Å². The number of para-hydroxylation sites is 1. The van der Waals surface area contributed by atoms with E-state index in [1.54, 1.807) is 18.9 Å². The molecule has 1 aromatic carbocycles. The van der Waals surface area contributed by atoms with Crippen molar-refractivity contribution in [3.05, 3.63) is 35.4 Å². The van der Waals surface area contributed by atoms with Crippen LogP contribution in [0, 0.1) is 0 Å². The van der Waals surface area contributed by atoms with Gasteiger partial charge in [-0.05, 0) is 0 Å². The van der Waals surface area contributed by atoms with Gasteiger partial charge < -0.3 is 0 Å². The molecule has 0 N–H and O–H groups in total. The topological polar surface area (TPSA) is 9.23 Å². The second kappa shape index (κ2) is 12.9. The number of hydrogen-bond acceptors (Lipinski definition) is 1.